The molecule has 1 aliphatic heterocycles. The zero-order valence-corrected chi connectivity index (χ0v) is 13.4. The summed E-state index contributed by atoms with van der Waals surface area (Å²) < 4.78 is 16.4. The number of methoxy groups -OCH3 is 2. The third kappa shape index (κ3) is 7.55. The molecule has 1 N–H and O–H groups in total. The molecule has 1 rings (SSSR count). The molecule has 2 unspecified atom stereocenters. The Labute approximate surface area is 123 Å². The largest absolute Gasteiger partial charge is 0.385 e. The van der Waals surface area contributed by atoms with Crippen LogP contribution in [0.3, 0.4) is 0 Å². The summed E-state index contributed by atoms with van der Waals surface area (Å²) in [5.74, 6) is 0. The van der Waals surface area contributed by atoms with Gasteiger partial charge in [0.15, 0.2) is 0 Å². The highest BCUT2D eigenvalue weighted by molar-refractivity contribution is 4.78. The van der Waals surface area contributed by atoms with Gasteiger partial charge in [0, 0.05) is 47.0 Å². The molecule has 0 saturated carbocycles. The number of hydrogen-bond donors (Lipinski definition) is 1. The minimum atomic E-state index is 0.373. The molecule has 0 spiro atoms. The molecule has 2 atom stereocenters. The molecule has 20 heavy (non-hydrogen) atoms. The van der Waals surface area contributed by atoms with Crippen molar-refractivity contribution in [1.29, 1.82) is 0 Å². The molecule has 1 saturated heterocycles. The van der Waals surface area contributed by atoms with Gasteiger partial charge in [-0.1, -0.05) is 6.92 Å². The first-order chi connectivity index (χ1) is 9.80. The Morgan fingerprint density at radius 3 is 2.55 bits per heavy atom. The summed E-state index contributed by atoms with van der Waals surface area (Å²) >= 11 is 0. The second-order valence-electron chi connectivity index (χ2n) is 5.40. The Morgan fingerprint density at radius 1 is 1.10 bits per heavy atom. The lowest BCUT2D eigenvalue weighted by molar-refractivity contribution is 0.0173. The molecule has 0 aromatic heterocycles. The summed E-state index contributed by atoms with van der Waals surface area (Å²) in [4.78, 5) is 2.43. The highest BCUT2D eigenvalue weighted by Gasteiger charge is 2.26. The zero-order valence-electron chi connectivity index (χ0n) is 13.4. The van der Waals surface area contributed by atoms with Crippen LogP contribution < -0.4 is 5.32 Å². The Kier molecular flexibility index (Phi) is 10.2. The fraction of sp³-hybridized carbons (Fsp3) is 1.00. The average Bonchev–Trinajstić information content (AvgIpc) is 2.90. The van der Waals surface area contributed by atoms with Gasteiger partial charge in [0.1, 0.15) is 0 Å². The number of rotatable bonds is 12. The summed E-state index contributed by atoms with van der Waals surface area (Å²) in [6.07, 6.45) is 4.17. The number of hydrogen-bond acceptors (Lipinski definition) is 5. The molecule has 0 radical (unpaired) electrons. The molecule has 1 heterocycles. The van der Waals surface area contributed by atoms with Gasteiger partial charge in [-0.3, -0.25) is 4.90 Å². The van der Waals surface area contributed by atoms with Gasteiger partial charge >= 0.3 is 0 Å². The van der Waals surface area contributed by atoms with Crippen LogP contribution in [0.4, 0.5) is 0 Å². The van der Waals surface area contributed by atoms with Crippen LogP contribution in [0.15, 0.2) is 0 Å². The third-order valence-corrected chi connectivity index (χ3v) is 3.71. The van der Waals surface area contributed by atoms with Crippen LogP contribution in [0, 0.1) is 0 Å². The second kappa shape index (κ2) is 11.5. The van der Waals surface area contributed by atoms with Crippen molar-refractivity contribution in [2.75, 3.05) is 60.2 Å². The molecule has 0 aliphatic carbocycles. The molecule has 5 heteroatoms. The molecular weight excluding hydrogens is 256 g/mol. The SMILES string of the molecule is CCNCC1CCC(CN(CCCOC)CCOC)O1. The van der Waals surface area contributed by atoms with Gasteiger partial charge in [-0.25, -0.2) is 0 Å². The molecule has 0 bridgehead atoms. The second-order valence-corrected chi connectivity index (χ2v) is 5.40. The lowest BCUT2D eigenvalue weighted by Crippen LogP contribution is -2.37. The van der Waals surface area contributed by atoms with E-state index in [9.17, 15) is 0 Å². The molecule has 0 aromatic rings. The number of ether oxygens (including phenoxy) is 3. The van der Waals surface area contributed by atoms with Crippen molar-refractivity contribution < 1.29 is 14.2 Å². The van der Waals surface area contributed by atoms with E-state index in [0.717, 1.165) is 52.4 Å². The van der Waals surface area contributed by atoms with Crippen LogP contribution in [-0.2, 0) is 14.2 Å². The molecule has 1 fully saturated rings. The maximum atomic E-state index is 6.10. The summed E-state index contributed by atoms with van der Waals surface area (Å²) in [7, 11) is 3.51. The van der Waals surface area contributed by atoms with Crippen molar-refractivity contribution in [3.05, 3.63) is 0 Å². The van der Waals surface area contributed by atoms with E-state index in [1.54, 1.807) is 14.2 Å². The van der Waals surface area contributed by atoms with Crippen molar-refractivity contribution >= 4 is 0 Å². The molecule has 120 valence electrons. The van der Waals surface area contributed by atoms with Crippen LogP contribution in [0.25, 0.3) is 0 Å². The van der Waals surface area contributed by atoms with Crippen molar-refractivity contribution in [3.63, 3.8) is 0 Å². The minimum absolute atomic E-state index is 0.373. The lowest BCUT2D eigenvalue weighted by atomic mass is 10.2. The average molecular weight is 288 g/mol. The number of nitrogens with zero attached hydrogens (tertiary/aromatic N) is 1. The van der Waals surface area contributed by atoms with E-state index < -0.39 is 0 Å². The molecule has 1 aliphatic rings. The Bertz CT molecular complexity index is 229. The fourth-order valence-corrected chi connectivity index (χ4v) is 2.61. The van der Waals surface area contributed by atoms with Crippen LogP contribution in [-0.4, -0.2) is 77.3 Å². The normalized spacial score (nSPS) is 22.8. The monoisotopic (exact) mass is 288 g/mol. The van der Waals surface area contributed by atoms with E-state index in [1.807, 2.05) is 0 Å². The van der Waals surface area contributed by atoms with Crippen LogP contribution in [0.5, 0.6) is 0 Å². The Hall–Kier alpha value is -0.200. The van der Waals surface area contributed by atoms with E-state index in [1.165, 1.54) is 12.8 Å². The van der Waals surface area contributed by atoms with Gasteiger partial charge < -0.3 is 19.5 Å². The molecule has 5 nitrogen and oxygen atoms in total. The van der Waals surface area contributed by atoms with Crippen molar-refractivity contribution in [2.24, 2.45) is 0 Å². The first-order valence-electron chi connectivity index (χ1n) is 7.86. The van der Waals surface area contributed by atoms with Crippen LogP contribution in [0.1, 0.15) is 26.2 Å². The predicted molar refractivity (Wildman–Crippen MR) is 81.2 cm³/mol. The topological polar surface area (TPSA) is 43.0 Å². The standard InChI is InChI=1S/C15H32N2O3/c1-4-16-12-14-6-7-15(20-14)13-17(9-11-19-3)8-5-10-18-2/h14-16H,4-13H2,1-3H3. The van der Waals surface area contributed by atoms with Crippen LogP contribution >= 0.6 is 0 Å². The fourth-order valence-electron chi connectivity index (χ4n) is 2.61. The summed E-state index contributed by atoms with van der Waals surface area (Å²) in [5, 5.41) is 3.37. The summed E-state index contributed by atoms with van der Waals surface area (Å²) in [6.45, 7) is 8.76. The van der Waals surface area contributed by atoms with Crippen LogP contribution in [0.2, 0.25) is 0 Å². The van der Waals surface area contributed by atoms with E-state index >= 15 is 0 Å². The highest BCUT2D eigenvalue weighted by Crippen LogP contribution is 2.20. The highest BCUT2D eigenvalue weighted by atomic mass is 16.5. The quantitative estimate of drug-likeness (QED) is 0.545. The zero-order chi connectivity index (χ0) is 14.6. The van der Waals surface area contributed by atoms with Crippen molar-refractivity contribution in [2.45, 2.75) is 38.4 Å². The first-order valence-corrected chi connectivity index (χ1v) is 7.86. The van der Waals surface area contributed by atoms with Crippen molar-refractivity contribution in [1.82, 2.24) is 10.2 Å². The van der Waals surface area contributed by atoms with E-state index in [4.69, 9.17) is 14.2 Å². The maximum Gasteiger partial charge on any atom is 0.0707 e. The van der Waals surface area contributed by atoms with Gasteiger partial charge in [0.25, 0.3) is 0 Å². The van der Waals surface area contributed by atoms with Gasteiger partial charge in [0.05, 0.1) is 18.8 Å². The number of likely N-dealkylation sites (N-methyl/N-ethyl adjacent to an activating group) is 1. The van der Waals surface area contributed by atoms with Gasteiger partial charge in [-0.15, -0.1) is 0 Å². The smallest absolute Gasteiger partial charge is 0.0707 e. The van der Waals surface area contributed by atoms with E-state index in [0.29, 0.717) is 12.2 Å². The molecular formula is C15H32N2O3. The third-order valence-electron chi connectivity index (χ3n) is 3.71. The molecule has 0 amide bonds. The maximum absolute atomic E-state index is 6.10. The van der Waals surface area contributed by atoms with E-state index in [-0.39, 0.29) is 0 Å². The summed E-state index contributed by atoms with van der Waals surface area (Å²) in [6, 6.07) is 0. The summed E-state index contributed by atoms with van der Waals surface area (Å²) in [5.41, 5.74) is 0. The number of nitrogens with one attached hydrogen (secondary N) is 1. The predicted octanol–water partition coefficient (Wildman–Crippen LogP) is 1.13. The Morgan fingerprint density at radius 2 is 1.85 bits per heavy atom. The Balaban J connectivity index is 2.25. The minimum Gasteiger partial charge on any atom is -0.385 e. The first kappa shape index (κ1) is 17.9. The van der Waals surface area contributed by atoms with Gasteiger partial charge in [-0.05, 0) is 25.8 Å². The molecule has 0 aromatic carbocycles. The van der Waals surface area contributed by atoms with Gasteiger partial charge in [0.2, 0.25) is 0 Å². The van der Waals surface area contributed by atoms with Crippen molar-refractivity contribution in [3.8, 4) is 0 Å². The lowest BCUT2D eigenvalue weighted by Gasteiger charge is -2.25. The van der Waals surface area contributed by atoms with Gasteiger partial charge in [-0.2, -0.15) is 0 Å². The van der Waals surface area contributed by atoms with E-state index in [2.05, 4.69) is 17.1 Å².